The van der Waals surface area contributed by atoms with Gasteiger partial charge in [-0.15, -0.1) is 0 Å². The number of rotatable bonds is 4. The number of aromatic nitrogens is 1. The fourth-order valence-electron chi connectivity index (χ4n) is 3.95. The zero-order chi connectivity index (χ0) is 21.6. The molecule has 0 amide bonds. The molecular formula is C25H20FNO3S. The van der Waals surface area contributed by atoms with Crippen molar-refractivity contribution in [2.45, 2.75) is 18.2 Å². The molecule has 0 bridgehead atoms. The third-order valence-electron chi connectivity index (χ3n) is 5.49. The molecule has 1 aliphatic heterocycles. The van der Waals surface area contributed by atoms with E-state index >= 15 is 0 Å². The first-order chi connectivity index (χ1) is 14.9. The number of ether oxygens (including phenoxy) is 1. The van der Waals surface area contributed by atoms with Gasteiger partial charge in [-0.2, -0.15) is 0 Å². The minimum Gasteiger partial charge on any atom is -0.493 e. The van der Waals surface area contributed by atoms with E-state index in [2.05, 4.69) is 0 Å². The zero-order valence-corrected chi connectivity index (χ0v) is 17.7. The van der Waals surface area contributed by atoms with Crippen molar-refractivity contribution in [3.05, 3.63) is 95.9 Å². The Kier molecular flexibility index (Phi) is 4.67. The average molecular weight is 434 g/mol. The summed E-state index contributed by atoms with van der Waals surface area (Å²) >= 11 is 0. The van der Waals surface area contributed by atoms with Crippen LogP contribution in [0.4, 0.5) is 4.39 Å². The second-order valence-electron chi connectivity index (χ2n) is 7.63. The van der Waals surface area contributed by atoms with Gasteiger partial charge in [-0.1, -0.05) is 30.3 Å². The molecule has 0 unspecified atom stereocenters. The number of hydrogen-bond donors (Lipinski definition) is 0. The number of nitrogens with zero attached hydrogens (tertiary/aromatic N) is 1. The van der Waals surface area contributed by atoms with E-state index in [9.17, 15) is 12.8 Å². The Morgan fingerprint density at radius 3 is 2.58 bits per heavy atom. The third-order valence-corrected chi connectivity index (χ3v) is 7.16. The van der Waals surface area contributed by atoms with Gasteiger partial charge >= 0.3 is 0 Å². The summed E-state index contributed by atoms with van der Waals surface area (Å²) in [7, 11) is -3.93. The lowest BCUT2D eigenvalue weighted by atomic mass is 10.0. The van der Waals surface area contributed by atoms with E-state index in [1.807, 2.05) is 24.3 Å². The lowest BCUT2D eigenvalue weighted by Gasteiger charge is -2.13. The van der Waals surface area contributed by atoms with Crippen LogP contribution in [0.5, 0.6) is 5.75 Å². The predicted molar refractivity (Wildman–Crippen MR) is 118 cm³/mol. The molecule has 0 atom stereocenters. The number of benzene rings is 3. The van der Waals surface area contributed by atoms with Crippen molar-refractivity contribution in [1.29, 1.82) is 0 Å². The molecule has 4 nitrogen and oxygen atoms in total. The molecule has 1 aromatic heterocycles. The maximum Gasteiger partial charge on any atom is 0.268 e. The van der Waals surface area contributed by atoms with E-state index in [0.717, 1.165) is 38.4 Å². The van der Waals surface area contributed by atoms with Gasteiger partial charge in [-0.25, -0.2) is 16.8 Å². The Morgan fingerprint density at radius 1 is 0.935 bits per heavy atom. The molecule has 31 heavy (non-hydrogen) atoms. The molecule has 0 N–H and O–H groups in total. The summed E-state index contributed by atoms with van der Waals surface area (Å²) < 4.78 is 48.2. The van der Waals surface area contributed by atoms with Crippen LogP contribution in [-0.4, -0.2) is 19.0 Å². The number of halogens is 1. The van der Waals surface area contributed by atoms with Crippen molar-refractivity contribution >= 4 is 10.0 Å². The van der Waals surface area contributed by atoms with E-state index < -0.39 is 15.8 Å². The van der Waals surface area contributed by atoms with Gasteiger partial charge in [-0.3, -0.25) is 0 Å². The maximum absolute atomic E-state index is 14.4. The summed E-state index contributed by atoms with van der Waals surface area (Å²) in [6.45, 7) is 2.46. The molecule has 0 saturated heterocycles. The van der Waals surface area contributed by atoms with Crippen LogP contribution < -0.4 is 4.74 Å². The Balaban J connectivity index is 1.61. The monoisotopic (exact) mass is 433 g/mol. The SMILES string of the molecule is Cc1cc(-c2ccccc2F)n(S(=O)(=O)c2cccc(-c3ccc4c(c3)CCO4)c2)c1. The molecule has 0 fully saturated rings. The van der Waals surface area contributed by atoms with E-state index in [4.69, 9.17) is 4.74 Å². The lowest BCUT2D eigenvalue weighted by Crippen LogP contribution is -2.13. The summed E-state index contributed by atoms with van der Waals surface area (Å²) in [5.41, 5.74) is 4.13. The molecule has 4 aromatic rings. The molecule has 6 heteroatoms. The molecule has 0 radical (unpaired) electrons. The third kappa shape index (κ3) is 3.43. The second kappa shape index (κ2) is 7.39. The van der Waals surface area contributed by atoms with Crippen molar-refractivity contribution in [2.75, 3.05) is 6.61 Å². The predicted octanol–water partition coefficient (Wildman–Crippen LogP) is 5.44. The minimum atomic E-state index is -3.93. The summed E-state index contributed by atoms with van der Waals surface area (Å²) in [6.07, 6.45) is 2.37. The Bertz CT molecular complexity index is 1410. The summed E-state index contributed by atoms with van der Waals surface area (Å²) in [4.78, 5) is 0.148. The first kappa shape index (κ1) is 19.6. The Labute approximate surface area is 180 Å². The van der Waals surface area contributed by atoms with Gasteiger partial charge < -0.3 is 4.74 Å². The molecule has 2 heterocycles. The van der Waals surface area contributed by atoms with E-state index in [-0.39, 0.29) is 10.5 Å². The quantitative estimate of drug-likeness (QED) is 0.431. The van der Waals surface area contributed by atoms with Crippen molar-refractivity contribution in [2.24, 2.45) is 0 Å². The van der Waals surface area contributed by atoms with Gasteiger partial charge in [0, 0.05) is 18.2 Å². The van der Waals surface area contributed by atoms with Crippen molar-refractivity contribution in [3.8, 4) is 28.1 Å². The average Bonchev–Trinajstić information content (AvgIpc) is 3.40. The van der Waals surface area contributed by atoms with Gasteiger partial charge in [-0.05, 0) is 71.6 Å². The number of fused-ring (bicyclic) bond motifs is 1. The second-order valence-corrected chi connectivity index (χ2v) is 9.45. The molecule has 1 aliphatic rings. The fourth-order valence-corrected chi connectivity index (χ4v) is 5.42. The Hall–Kier alpha value is -3.38. The van der Waals surface area contributed by atoms with Crippen molar-refractivity contribution in [3.63, 3.8) is 0 Å². The fraction of sp³-hybridized carbons (Fsp3) is 0.120. The van der Waals surface area contributed by atoms with Gasteiger partial charge in [0.05, 0.1) is 17.2 Å². The molecule has 5 rings (SSSR count). The molecule has 156 valence electrons. The highest BCUT2D eigenvalue weighted by Crippen LogP contribution is 2.33. The standard InChI is InChI=1S/C25H20FNO3S/c1-17-13-24(22-7-2-3-8-23(22)26)27(16-17)31(28,29)21-6-4-5-18(15-21)19-9-10-25-20(14-19)11-12-30-25/h2-10,13-16H,11-12H2,1H3. The van der Waals surface area contributed by atoms with Gasteiger partial charge in [0.1, 0.15) is 11.6 Å². The van der Waals surface area contributed by atoms with Crippen LogP contribution in [0.2, 0.25) is 0 Å². The highest BCUT2D eigenvalue weighted by atomic mass is 32.2. The van der Waals surface area contributed by atoms with Gasteiger partial charge in [0.2, 0.25) is 0 Å². The molecule has 0 spiro atoms. The largest absolute Gasteiger partial charge is 0.493 e. The topological polar surface area (TPSA) is 48.3 Å². The van der Waals surface area contributed by atoms with Crippen LogP contribution in [0.25, 0.3) is 22.4 Å². The normalized spacial score (nSPS) is 13.1. The van der Waals surface area contributed by atoms with Crippen LogP contribution in [0.3, 0.4) is 0 Å². The van der Waals surface area contributed by atoms with Gasteiger partial charge in [0.25, 0.3) is 10.0 Å². The maximum atomic E-state index is 14.4. The molecule has 0 aliphatic carbocycles. The summed E-state index contributed by atoms with van der Waals surface area (Å²) in [5, 5.41) is 0. The Morgan fingerprint density at radius 2 is 1.74 bits per heavy atom. The molecular weight excluding hydrogens is 413 g/mol. The van der Waals surface area contributed by atoms with E-state index in [0.29, 0.717) is 12.3 Å². The van der Waals surface area contributed by atoms with Crippen molar-refractivity contribution in [1.82, 2.24) is 3.97 Å². The highest BCUT2D eigenvalue weighted by molar-refractivity contribution is 7.90. The molecule has 3 aromatic carbocycles. The van der Waals surface area contributed by atoms with Crippen LogP contribution in [0, 0.1) is 12.7 Å². The van der Waals surface area contributed by atoms with Crippen LogP contribution in [-0.2, 0) is 16.4 Å². The number of hydrogen-bond acceptors (Lipinski definition) is 3. The first-order valence-electron chi connectivity index (χ1n) is 9.99. The number of aryl methyl sites for hydroxylation is 1. The van der Waals surface area contributed by atoms with E-state index in [1.165, 1.54) is 12.3 Å². The summed E-state index contributed by atoms with van der Waals surface area (Å²) in [6, 6.07) is 20.6. The highest BCUT2D eigenvalue weighted by Gasteiger charge is 2.23. The van der Waals surface area contributed by atoms with Crippen LogP contribution in [0.15, 0.2) is 83.9 Å². The van der Waals surface area contributed by atoms with E-state index in [1.54, 1.807) is 49.4 Å². The molecule has 0 saturated carbocycles. The first-order valence-corrected chi connectivity index (χ1v) is 11.4. The van der Waals surface area contributed by atoms with Crippen LogP contribution >= 0.6 is 0 Å². The summed E-state index contributed by atoms with van der Waals surface area (Å²) in [5.74, 6) is 0.413. The van der Waals surface area contributed by atoms with Crippen LogP contribution in [0.1, 0.15) is 11.1 Å². The lowest BCUT2D eigenvalue weighted by molar-refractivity contribution is 0.357. The zero-order valence-electron chi connectivity index (χ0n) is 16.9. The minimum absolute atomic E-state index is 0.148. The van der Waals surface area contributed by atoms with Crippen molar-refractivity contribution < 1.29 is 17.5 Å². The smallest absolute Gasteiger partial charge is 0.268 e. The van der Waals surface area contributed by atoms with Gasteiger partial charge in [0.15, 0.2) is 0 Å².